The molecule has 4 nitrogen and oxygen atoms in total. The zero-order chi connectivity index (χ0) is 14.3. The summed E-state index contributed by atoms with van der Waals surface area (Å²) in [4.78, 5) is 15.3. The minimum absolute atomic E-state index is 0.181. The number of carbonyl (C=O) groups is 1. The van der Waals surface area contributed by atoms with Gasteiger partial charge < -0.3 is 9.52 Å². The van der Waals surface area contributed by atoms with E-state index in [9.17, 15) is 4.79 Å². The average Bonchev–Trinajstić information content (AvgIpc) is 2.83. The van der Waals surface area contributed by atoms with E-state index in [1.54, 1.807) is 18.2 Å². The average molecular weight is 288 g/mol. The summed E-state index contributed by atoms with van der Waals surface area (Å²) in [6, 6.07) is 10.0. The van der Waals surface area contributed by atoms with E-state index in [2.05, 4.69) is 4.98 Å². The molecule has 1 aromatic heterocycles. The van der Waals surface area contributed by atoms with E-state index in [4.69, 9.17) is 21.1 Å². The van der Waals surface area contributed by atoms with Gasteiger partial charge in [0.05, 0.1) is 5.56 Å². The number of rotatable bonds is 2. The molecule has 1 heterocycles. The van der Waals surface area contributed by atoms with Crippen molar-refractivity contribution in [3.8, 4) is 11.5 Å². The number of carboxylic acids is 1. The van der Waals surface area contributed by atoms with Gasteiger partial charge in [-0.25, -0.2) is 9.78 Å². The number of hydrogen-bond donors (Lipinski definition) is 1. The lowest BCUT2D eigenvalue weighted by Gasteiger charge is -2.00. The van der Waals surface area contributed by atoms with E-state index in [-0.39, 0.29) is 5.56 Å². The highest BCUT2D eigenvalue weighted by Gasteiger charge is 2.13. The van der Waals surface area contributed by atoms with Crippen LogP contribution in [0.5, 0.6) is 0 Å². The molecule has 0 spiro atoms. The Morgan fingerprint density at radius 1 is 1.25 bits per heavy atom. The van der Waals surface area contributed by atoms with E-state index in [1.165, 1.54) is 12.1 Å². The smallest absolute Gasteiger partial charge is 0.335 e. The summed E-state index contributed by atoms with van der Waals surface area (Å²) in [7, 11) is 0. The highest BCUT2D eigenvalue weighted by molar-refractivity contribution is 6.30. The van der Waals surface area contributed by atoms with E-state index >= 15 is 0 Å². The summed E-state index contributed by atoms with van der Waals surface area (Å²) in [6.45, 7) is 1.93. The van der Waals surface area contributed by atoms with Crippen molar-refractivity contribution >= 4 is 28.7 Å². The Kier molecular flexibility index (Phi) is 2.95. The Morgan fingerprint density at radius 3 is 2.80 bits per heavy atom. The van der Waals surface area contributed by atoms with Gasteiger partial charge in [0.2, 0.25) is 5.89 Å². The van der Waals surface area contributed by atoms with Crippen LogP contribution in [0.15, 0.2) is 40.8 Å². The molecule has 0 aliphatic carbocycles. The maximum Gasteiger partial charge on any atom is 0.335 e. The Hall–Kier alpha value is -2.33. The van der Waals surface area contributed by atoms with Gasteiger partial charge in [-0.05, 0) is 42.8 Å². The van der Waals surface area contributed by atoms with Crippen LogP contribution in [0, 0.1) is 6.92 Å². The fraction of sp³-hybridized carbons (Fsp3) is 0.0667. The number of aromatic carboxylic acids is 1. The Labute approximate surface area is 119 Å². The predicted octanol–water partition coefficient (Wildman–Crippen LogP) is 4.15. The van der Waals surface area contributed by atoms with Crippen molar-refractivity contribution < 1.29 is 14.3 Å². The zero-order valence-corrected chi connectivity index (χ0v) is 11.3. The number of aryl methyl sites for hydroxylation is 1. The van der Waals surface area contributed by atoms with Crippen LogP contribution in [0.25, 0.3) is 22.6 Å². The molecular formula is C15H10ClNO3. The number of halogens is 1. The van der Waals surface area contributed by atoms with Crippen LogP contribution in [0.2, 0.25) is 5.02 Å². The molecule has 3 aromatic rings. The summed E-state index contributed by atoms with van der Waals surface area (Å²) in [5, 5.41) is 9.57. The van der Waals surface area contributed by atoms with Gasteiger partial charge in [-0.1, -0.05) is 17.7 Å². The lowest BCUT2D eigenvalue weighted by Crippen LogP contribution is -1.94. The van der Waals surface area contributed by atoms with Crippen molar-refractivity contribution in [3.05, 3.63) is 52.5 Å². The quantitative estimate of drug-likeness (QED) is 0.769. The minimum atomic E-state index is -0.990. The van der Waals surface area contributed by atoms with Crippen molar-refractivity contribution in [2.75, 3.05) is 0 Å². The third kappa shape index (κ3) is 2.14. The number of oxazole rings is 1. The normalized spacial score (nSPS) is 10.9. The molecule has 1 N–H and O–H groups in total. The van der Waals surface area contributed by atoms with Crippen molar-refractivity contribution in [3.63, 3.8) is 0 Å². The molecule has 100 valence electrons. The summed E-state index contributed by atoms with van der Waals surface area (Å²) in [6.07, 6.45) is 0. The Morgan fingerprint density at radius 2 is 2.05 bits per heavy atom. The molecule has 0 fully saturated rings. The van der Waals surface area contributed by atoms with Crippen molar-refractivity contribution in [2.45, 2.75) is 6.92 Å². The van der Waals surface area contributed by atoms with Gasteiger partial charge in [-0.2, -0.15) is 0 Å². The Bertz CT molecular complexity index is 823. The van der Waals surface area contributed by atoms with E-state index in [0.717, 1.165) is 11.1 Å². The van der Waals surface area contributed by atoms with E-state index in [0.29, 0.717) is 22.0 Å². The highest BCUT2D eigenvalue weighted by Crippen LogP contribution is 2.29. The molecule has 0 atom stereocenters. The minimum Gasteiger partial charge on any atom is -0.478 e. The van der Waals surface area contributed by atoms with Crippen LogP contribution in [-0.2, 0) is 0 Å². The van der Waals surface area contributed by atoms with Crippen LogP contribution in [0.3, 0.4) is 0 Å². The van der Waals surface area contributed by atoms with E-state index < -0.39 is 5.97 Å². The fourth-order valence-corrected chi connectivity index (χ4v) is 2.17. The third-order valence-corrected chi connectivity index (χ3v) is 3.30. The number of nitrogens with zero attached hydrogens (tertiary/aromatic N) is 1. The maximum atomic E-state index is 10.9. The first-order valence-corrected chi connectivity index (χ1v) is 6.33. The molecule has 2 aromatic carbocycles. The van der Waals surface area contributed by atoms with Crippen molar-refractivity contribution in [1.29, 1.82) is 0 Å². The number of carboxylic acid groups (broad SMARTS) is 1. The highest BCUT2D eigenvalue weighted by atomic mass is 35.5. The van der Waals surface area contributed by atoms with Crippen LogP contribution >= 0.6 is 11.6 Å². The maximum absolute atomic E-state index is 10.9. The van der Waals surface area contributed by atoms with Crippen molar-refractivity contribution in [1.82, 2.24) is 4.98 Å². The van der Waals surface area contributed by atoms with Crippen LogP contribution in [-0.4, -0.2) is 16.1 Å². The molecule has 3 rings (SSSR count). The first-order valence-electron chi connectivity index (χ1n) is 5.95. The second-order valence-electron chi connectivity index (χ2n) is 4.47. The number of hydrogen-bond acceptors (Lipinski definition) is 3. The molecule has 0 amide bonds. The second kappa shape index (κ2) is 4.65. The van der Waals surface area contributed by atoms with Crippen molar-refractivity contribution in [2.24, 2.45) is 0 Å². The van der Waals surface area contributed by atoms with Gasteiger partial charge in [0.25, 0.3) is 0 Å². The van der Waals surface area contributed by atoms with Gasteiger partial charge in [0.15, 0.2) is 5.58 Å². The zero-order valence-electron chi connectivity index (χ0n) is 10.6. The van der Waals surface area contributed by atoms with E-state index in [1.807, 2.05) is 13.0 Å². The van der Waals surface area contributed by atoms with Gasteiger partial charge in [0, 0.05) is 10.6 Å². The number of aromatic nitrogens is 1. The molecule has 20 heavy (non-hydrogen) atoms. The van der Waals surface area contributed by atoms with Crippen LogP contribution in [0.4, 0.5) is 0 Å². The van der Waals surface area contributed by atoms with Gasteiger partial charge in [0.1, 0.15) is 5.52 Å². The SMILES string of the molecule is Cc1ccc(Cl)cc1-c1nc2cc(C(=O)O)ccc2o1. The van der Waals surface area contributed by atoms with Gasteiger partial charge in [-0.15, -0.1) is 0 Å². The molecule has 0 radical (unpaired) electrons. The Balaban J connectivity index is 2.17. The molecule has 0 aliphatic rings. The largest absolute Gasteiger partial charge is 0.478 e. The summed E-state index contributed by atoms with van der Waals surface area (Å²) in [5.74, 6) is -0.557. The monoisotopic (exact) mass is 287 g/mol. The molecule has 0 bridgehead atoms. The first kappa shape index (κ1) is 12.7. The number of fused-ring (bicyclic) bond motifs is 1. The molecule has 0 unspecified atom stereocenters. The number of benzene rings is 2. The lowest BCUT2D eigenvalue weighted by atomic mass is 10.1. The lowest BCUT2D eigenvalue weighted by molar-refractivity contribution is 0.0697. The molecule has 0 saturated heterocycles. The molecule has 0 aliphatic heterocycles. The van der Waals surface area contributed by atoms with Gasteiger partial charge in [-0.3, -0.25) is 0 Å². The topological polar surface area (TPSA) is 63.3 Å². The second-order valence-corrected chi connectivity index (χ2v) is 4.90. The standard InChI is InChI=1S/C15H10ClNO3/c1-8-2-4-10(16)7-11(8)14-17-12-6-9(15(18)19)3-5-13(12)20-14/h2-7H,1H3,(H,18,19). The summed E-state index contributed by atoms with van der Waals surface area (Å²) in [5.41, 5.74) is 3.02. The first-order chi connectivity index (χ1) is 9.54. The molecule has 5 heteroatoms. The predicted molar refractivity (Wildman–Crippen MR) is 76.2 cm³/mol. The summed E-state index contributed by atoms with van der Waals surface area (Å²) < 4.78 is 5.66. The fourth-order valence-electron chi connectivity index (χ4n) is 2.00. The molecular weight excluding hydrogens is 278 g/mol. The molecule has 0 saturated carbocycles. The van der Waals surface area contributed by atoms with Crippen LogP contribution in [0.1, 0.15) is 15.9 Å². The third-order valence-electron chi connectivity index (χ3n) is 3.06. The van der Waals surface area contributed by atoms with Gasteiger partial charge >= 0.3 is 5.97 Å². The van der Waals surface area contributed by atoms with Crippen LogP contribution < -0.4 is 0 Å². The summed E-state index contributed by atoms with van der Waals surface area (Å²) >= 11 is 5.99.